The van der Waals surface area contributed by atoms with Crippen LogP contribution in [0, 0.1) is 5.92 Å². The predicted molar refractivity (Wildman–Crippen MR) is 74.3 cm³/mol. The first-order chi connectivity index (χ1) is 9.19. The molecule has 1 N–H and O–H groups in total. The van der Waals surface area contributed by atoms with Gasteiger partial charge in [-0.2, -0.15) is 0 Å². The number of piperidine rings is 1. The Hall–Kier alpha value is -1.55. The van der Waals surface area contributed by atoms with Gasteiger partial charge in [0, 0.05) is 18.2 Å². The summed E-state index contributed by atoms with van der Waals surface area (Å²) in [5, 5.41) is 3.40. The van der Waals surface area contributed by atoms with Crippen molar-refractivity contribution in [1.29, 1.82) is 0 Å². The highest BCUT2D eigenvalue weighted by Gasteiger charge is 2.47. The molecule has 1 aromatic rings. The summed E-state index contributed by atoms with van der Waals surface area (Å²) in [5.41, 5.74) is 0.542. The van der Waals surface area contributed by atoms with Crippen molar-refractivity contribution in [3.8, 4) is 0 Å². The van der Waals surface area contributed by atoms with E-state index in [0.29, 0.717) is 12.5 Å². The summed E-state index contributed by atoms with van der Waals surface area (Å²) in [7, 11) is 0. The number of carbonyl (C=O) groups excluding carboxylic acids is 1. The lowest BCUT2D eigenvalue weighted by Crippen LogP contribution is -2.46. The van der Waals surface area contributed by atoms with Crippen LogP contribution in [-0.2, 0) is 4.74 Å². The van der Waals surface area contributed by atoms with Crippen molar-refractivity contribution < 1.29 is 9.53 Å². The van der Waals surface area contributed by atoms with E-state index in [1.165, 1.54) is 0 Å². The summed E-state index contributed by atoms with van der Waals surface area (Å²) >= 11 is 0. The molecular formula is C15H20N2O2. The first-order valence-corrected chi connectivity index (χ1v) is 6.95. The van der Waals surface area contributed by atoms with E-state index in [1.54, 1.807) is 4.90 Å². The SMILES string of the molecule is CC1(C2CCCNC2)CN(c2ccccc2)C(=O)O1. The molecule has 4 nitrogen and oxygen atoms in total. The molecular weight excluding hydrogens is 240 g/mol. The molecule has 0 spiro atoms. The lowest BCUT2D eigenvalue weighted by molar-refractivity contribution is 0.0123. The zero-order valence-corrected chi connectivity index (χ0v) is 11.3. The van der Waals surface area contributed by atoms with Crippen LogP contribution in [0.2, 0.25) is 0 Å². The normalized spacial score (nSPS) is 31.3. The van der Waals surface area contributed by atoms with Crippen LogP contribution < -0.4 is 10.2 Å². The number of anilines is 1. The highest BCUT2D eigenvalue weighted by atomic mass is 16.6. The van der Waals surface area contributed by atoms with Gasteiger partial charge in [-0.25, -0.2) is 4.79 Å². The highest BCUT2D eigenvalue weighted by molar-refractivity contribution is 5.90. The summed E-state index contributed by atoms with van der Waals surface area (Å²) in [6.07, 6.45) is 2.06. The maximum Gasteiger partial charge on any atom is 0.415 e. The number of cyclic esters (lactones) is 1. The smallest absolute Gasteiger partial charge is 0.415 e. The van der Waals surface area contributed by atoms with Gasteiger partial charge in [0.2, 0.25) is 0 Å². The second-order valence-corrected chi connectivity index (χ2v) is 5.65. The summed E-state index contributed by atoms with van der Waals surface area (Å²) in [4.78, 5) is 13.9. The Balaban J connectivity index is 1.79. The van der Waals surface area contributed by atoms with E-state index in [4.69, 9.17) is 4.74 Å². The zero-order valence-electron chi connectivity index (χ0n) is 11.3. The molecule has 2 aliphatic heterocycles. The molecule has 0 saturated carbocycles. The van der Waals surface area contributed by atoms with Gasteiger partial charge < -0.3 is 10.1 Å². The molecule has 102 valence electrons. The molecule has 2 aliphatic rings. The van der Waals surface area contributed by atoms with Crippen molar-refractivity contribution in [3.63, 3.8) is 0 Å². The lowest BCUT2D eigenvalue weighted by atomic mass is 9.83. The Morgan fingerprint density at radius 1 is 1.37 bits per heavy atom. The molecule has 0 radical (unpaired) electrons. The molecule has 0 aromatic heterocycles. The van der Waals surface area contributed by atoms with E-state index < -0.39 is 0 Å². The third kappa shape index (κ3) is 2.32. The molecule has 2 heterocycles. The van der Waals surface area contributed by atoms with E-state index >= 15 is 0 Å². The van der Waals surface area contributed by atoms with Gasteiger partial charge in [0.25, 0.3) is 0 Å². The number of rotatable bonds is 2. The van der Waals surface area contributed by atoms with Crippen molar-refractivity contribution in [1.82, 2.24) is 5.32 Å². The van der Waals surface area contributed by atoms with Gasteiger partial charge in [-0.3, -0.25) is 4.90 Å². The summed E-state index contributed by atoms with van der Waals surface area (Å²) in [5.74, 6) is 0.402. The van der Waals surface area contributed by atoms with Gasteiger partial charge in [0.05, 0.1) is 6.54 Å². The minimum atomic E-state index is -0.375. The molecule has 3 rings (SSSR count). The van der Waals surface area contributed by atoms with Gasteiger partial charge in [-0.05, 0) is 38.4 Å². The first-order valence-electron chi connectivity index (χ1n) is 6.95. The Morgan fingerprint density at radius 2 is 2.16 bits per heavy atom. The second kappa shape index (κ2) is 4.85. The van der Waals surface area contributed by atoms with Crippen LogP contribution in [-0.4, -0.2) is 31.3 Å². The molecule has 0 bridgehead atoms. The van der Waals surface area contributed by atoms with Crippen molar-refractivity contribution in [2.24, 2.45) is 5.92 Å². The van der Waals surface area contributed by atoms with E-state index in [9.17, 15) is 4.79 Å². The Morgan fingerprint density at radius 3 is 2.84 bits per heavy atom. The van der Waals surface area contributed by atoms with Gasteiger partial charge in [-0.15, -0.1) is 0 Å². The fourth-order valence-electron chi connectivity index (χ4n) is 3.06. The van der Waals surface area contributed by atoms with Crippen LogP contribution in [0.5, 0.6) is 0 Å². The molecule has 1 aromatic carbocycles. The third-order valence-corrected chi connectivity index (χ3v) is 4.24. The molecule has 2 saturated heterocycles. The first kappa shape index (κ1) is 12.5. The predicted octanol–water partition coefficient (Wildman–Crippen LogP) is 2.40. The van der Waals surface area contributed by atoms with E-state index in [0.717, 1.165) is 31.6 Å². The summed E-state index contributed by atoms with van der Waals surface area (Å²) < 4.78 is 5.70. The topological polar surface area (TPSA) is 41.6 Å². The van der Waals surface area contributed by atoms with E-state index in [-0.39, 0.29) is 11.7 Å². The monoisotopic (exact) mass is 260 g/mol. The molecule has 2 atom stereocenters. The van der Waals surface area contributed by atoms with Gasteiger partial charge in [0.15, 0.2) is 0 Å². The number of hydrogen-bond donors (Lipinski definition) is 1. The van der Waals surface area contributed by atoms with Crippen LogP contribution in [0.15, 0.2) is 30.3 Å². The maximum absolute atomic E-state index is 12.1. The maximum atomic E-state index is 12.1. The standard InChI is InChI=1S/C15H20N2O2/c1-15(12-6-5-9-16-10-12)11-17(14(18)19-15)13-7-3-2-4-8-13/h2-4,7-8,12,16H,5-6,9-11H2,1H3. The molecule has 2 fully saturated rings. The number of nitrogens with one attached hydrogen (secondary N) is 1. The van der Waals surface area contributed by atoms with Crippen molar-refractivity contribution in [2.45, 2.75) is 25.4 Å². The number of para-hydroxylation sites is 1. The molecule has 4 heteroatoms. The van der Waals surface area contributed by atoms with Crippen LogP contribution >= 0.6 is 0 Å². The average molecular weight is 260 g/mol. The minimum Gasteiger partial charge on any atom is -0.441 e. The molecule has 0 aliphatic carbocycles. The fraction of sp³-hybridized carbons (Fsp3) is 0.533. The highest BCUT2D eigenvalue weighted by Crippen LogP contribution is 2.35. The Kier molecular flexibility index (Phi) is 3.19. The van der Waals surface area contributed by atoms with Crippen molar-refractivity contribution in [2.75, 3.05) is 24.5 Å². The molecule has 19 heavy (non-hydrogen) atoms. The fourth-order valence-corrected chi connectivity index (χ4v) is 3.06. The number of nitrogens with zero attached hydrogens (tertiary/aromatic N) is 1. The van der Waals surface area contributed by atoms with Crippen LogP contribution in [0.4, 0.5) is 10.5 Å². The van der Waals surface area contributed by atoms with Crippen molar-refractivity contribution in [3.05, 3.63) is 30.3 Å². The largest absolute Gasteiger partial charge is 0.441 e. The van der Waals surface area contributed by atoms with Crippen LogP contribution in [0.25, 0.3) is 0 Å². The lowest BCUT2D eigenvalue weighted by Gasteiger charge is -2.34. The quantitative estimate of drug-likeness (QED) is 0.887. The Labute approximate surface area is 113 Å². The number of ether oxygens (including phenoxy) is 1. The second-order valence-electron chi connectivity index (χ2n) is 5.65. The van der Waals surface area contributed by atoms with Gasteiger partial charge in [0.1, 0.15) is 5.60 Å². The summed E-state index contributed by atoms with van der Waals surface area (Å²) in [6, 6.07) is 9.74. The summed E-state index contributed by atoms with van der Waals surface area (Å²) in [6.45, 7) is 4.71. The van der Waals surface area contributed by atoms with E-state index in [1.807, 2.05) is 30.3 Å². The Bertz CT molecular complexity index is 456. The van der Waals surface area contributed by atoms with Crippen LogP contribution in [0.1, 0.15) is 19.8 Å². The van der Waals surface area contributed by atoms with Crippen LogP contribution in [0.3, 0.4) is 0 Å². The number of amides is 1. The van der Waals surface area contributed by atoms with Gasteiger partial charge in [-0.1, -0.05) is 18.2 Å². The third-order valence-electron chi connectivity index (χ3n) is 4.24. The molecule has 1 amide bonds. The number of hydrogen-bond acceptors (Lipinski definition) is 3. The number of benzene rings is 1. The van der Waals surface area contributed by atoms with Gasteiger partial charge >= 0.3 is 6.09 Å². The minimum absolute atomic E-state index is 0.223. The van der Waals surface area contributed by atoms with E-state index in [2.05, 4.69) is 12.2 Å². The van der Waals surface area contributed by atoms with Crippen molar-refractivity contribution >= 4 is 11.8 Å². The zero-order chi connectivity index (χ0) is 13.3. The number of carbonyl (C=O) groups is 1. The average Bonchev–Trinajstić information content (AvgIpc) is 2.77. The molecule has 2 unspecified atom stereocenters.